The molecule has 0 spiro atoms. The summed E-state index contributed by atoms with van der Waals surface area (Å²) in [7, 11) is 0. The topological polar surface area (TPSA) is 89.9 Å². The minimum Gasteiger partial charge on any atom is -0.368 e. The van der Waals surface area contributed by atoms with Crippen molar-refractivity contribution in [3.8, 4) is 0 Å². The Labute approximate surface area is 99.0 Å². The molecule has 3 N–H and O–H groups in total. The lowest BCUT2D eigenvalue weighted by Crippen LogP contribution is -2.13. The Morgan fingerprint density at radius 1 is 1.33 bits per heavy atom. The number of nitrogens with one attached hydrogen (secondary N) is 1. The van der Waals surface area contributed by atoms with Crippen molar-refractivity contribution in [2.45, 2.75) is 12.7 Å². The molecule has 6 nitrogen and oxygen atoms in total. The Kier molecular flexibility index (Phi) is 3.04. The van der Waals surface area contributed by atoms with Crippen LogP contribution in [0.2, 0.25) is 0 Å². The van der Waals surface area contributed by atoms with Crippen molar-refractivity contribution >= 4 is 11.8 Å². The maximum atomic E-state index is 12.5. The number of anilines is 2. The van der Waals surface area contributed by atoms with Crippen molar-refractivity contribution in [2.24, 2.45) is 0 Å². The average Bonchev–Trinajstić information content (AvgIpc) is 2.77. The predicted molar refractivity (Wildman–Crippen MR) is 55.3 cm³/mol. The minimum absolute atomic E-state index is 0.0298. The van der Waals surface area contributed by atoms with Crippen LogP contribution in [0.15, 0.2) is 22.9 Å². The van der Waals surface area contributed by atoms with Gasteiger partial charge in [0.2, 0.25) is 5.95 Å². The molecule has 0 aromatic carbocycles. The highest BCUT2D eigenvalue weighted by Gasteiger charge is 2.33. The van der Waals surface area contributed by atoms with E-state index < -0.39 is 17.8 Å². The number of alkyl halides is 3. The van der Waals surface area contributed by atoms with Gasteiger partial charge in [-0.3, -0.25) is 0 Å². The number of hydrogen-bond acceptors (Lipinski definition) is 6. The van der Waals surface area contributed by atoms with Crippen LogP contribution in [0.1, 0.15) is 11.4 Å². The molecule has 2 rings (SSSR count). The normalized spacial score (nSPS) is 11.5. The van der Waals surface area contributed by atoms with E-state index in [1.807, 2.05) is 0 Å². The molecule has 0 atom stereocenters. The van der Waals surface area contributed by atoms with Crippen molar-refractivity contribution in [3.63, 3.8) is 0 Å². The van der Waals surface area contributed by atoms with Crippen LogP contribution in [0.5, 0.6) is 0 Å². The van der Waals surface area contributed by atoms with Crippen molar-refractivity contribution in [3.05, 3.63) is 29.8 Å². The SMILES string of the molecule is Nc1nc(NCc2ccon2)cc(C(F)(F)F)n1. The first-order valence-corrected chi connectivity index (χ1v) is 4.80. The minimum atomic E-state index is -4.57. The van der Waals surface area contributed by atoms with Crippen LogP contribution in [0, 0.1) is 0 Å². The van der Waals surface area contributed by atoms with Gasteiger partial charge in [0.25, 0.3) is 0 Å². The van der Waals surface area contributed by atoms with Crippen molar-refractivity contribution < 1.29 is 17.7 Å². The quantitative estimate of drug-likeness (QED) is 0.871. The summed E-state index contributed by atoms with van der Waals surface area (Å²) in [5.74, 6) is -0.481. The maximum absolute atomic E-state index is 12.5. The Morgan fingerprint density at radius 3 is 2.72 bits per heavy atom. The third kappa shape index (κ3) is 2.87. The summed E-state index contributed by atoms with van der Waals surface area (Å²) < 4.78 is 42.0. The highest BCUT2D eigenvalue weighted by Crippen LogP contribution is 2.29. The van der Waals surface area contributed by atoms with Crippen LogP contribution in [-0.2, 0) is 12.7 Å². The van der Waals surface area contributed by atoms with E-state index >= 15 is 0 Å². The molecular weight excluding hydrogens is 251 g/mol. The molecule has 0 aliphatic carbocycles. The number of nitrogens with two attached hydrogens (primary N) is 1. The van der Waals surface area contributed by atoms with Gasteiger partial charge in [-0.2, -0.15) is 18.2 Å². The molecule has 2 aromatic rings. The highest BCUT2D eigenvalue weighted by atomic mass is 19.4. The second-order valence-corrected chi connectivity index (χ2v) is 3.34. The Balaban J connectivity index is 2.15. The van der Waals surface area contributed by atoms with E-state index in [2.05, 4.69) is 25.0 Å². The molecule has 0 saturated carbocycles. The largest absolute Gasteiger partial charge is 0.433 e. The van der Waals surface area contributed by atoms with Gasteiger partial charge < -0.3 is 15.6 Å². The van der Waals surface area contributed by atoms with Gasteiger partial charge in [-0.1, -0.05) is 5.16 Å². The Morgan fingerprint density at radius 2 is 2.11 bits per heavy atom. The van der Waals surface area contributed by atoms with Crippen molar-refractivity contribution in [2.75, 3.05) is 11.1 Å². The van der Waals surface area contributed by atoms with Crippen LogP contribution in [0.4, 0.5) is 24.9 Å². The molecule has 2 aromatic heterocycles. The van der Waals surface area contributed by atoms with Gasteiger partial charge in [0, 0.05) is 12.1 Å². The lowest BCUT2D eigenvalue weighted by molar-refractivity contribution is -0.141. The van der Waals surface area contributed by atoms with Crippen molar-refractivity contribution in [1.82, 2.24) is 15.1 Å². The monoisotopic (exact) mass is 259 g/mol. The van der Waals surface area contributed by atoms with Gasteiger partial charge in [0.15, 0.2) is 5.69 Å². The molecule has 0 amide bonds. The smallest absolute Gasteiger partial charge is 0.368 e. The number of aromatic nitrogens is 3. The van der Waals surface area contributed by atoms with E-state index in [-0.39, 0.29) is 12.4 Å². The zero-order chi connectivity index (χ0) is 13.2. The third-order valence-electron chi connectivity index (χ3n) is 1.98. The highest BCUT2D eigenvalue weighted by molar-refractivity contribution is 5.41. The average molecular weight is 259 g/mol. The number of nitrogens with zero attached hydrogens (tertiary/aromatic N) is 3. The summed E-state index contributed by atoms with van der Waals surface area (Å²) in [5, 5.41) is 6.24. The molecule has 0 fully saturated rings. The molecular formula is C9H8F3N5O. The zero-order valence-electron chi connectivity index (χ0n) is 8.90. The van der Waals surface area contributed by atoms with Crippen LogP contribution in [0.3, 0.4) is 0 Å². The fourth-order valence-corrected chi connectivity index (χ4v) is 1.21. The summed E-state index contributed by atoms with van der Waals surface area (Å²) in [6.45, 7) is 0.171. The third-order valence-corrected chi connectivity index (χ3v) is 1.98. The summed E-state index contributed by atoms with van der Waals surface area (Å²) in [4.78, 5) is 6.76. The van der Waals surface area contributed by atoms with E-state index in [9.17, 15) is 13.2 Å². The van der Waals surface area contributed by atoms with Crippen LogP contribution in [0.25, 0.3) is 0 Å². The number of nitrogen functional groups attached to an aromatic ring is 1. The van der Waals surface area contributed by atoms with E-state index in [0.717, 1.165) is 6.07 Å². The molecule has 0 aliphatic heterocycles. The fourth-order valence-electron chi connectivity index (χ4n) is 1.21. The Bertz CT molecular complexity index is 525. The van der Waals surface area contributed by atoms with Gasteiger partial charge in [-0.25, -0.2) is 4.98 Å². The van der Waals surface area contributed by atoms with E-state index in [0.29, 0.717) is 5.69 Å². The van der Waals surface area contributed by atoms with Crippen LogP contribution in [-0.4, -0.2) is 15.1 Å². The second-order valence-electron chi connectivity index (χ2n) is 3.34. The molecule has 96 valence electrons. The molecule has 9 heteroatoms. The first-order valence-electron chi connectivity index (χ1n) is 4.80. The zero-order valence-corrected chi connectivity index (χ0v) is 8.90. The van der Waals surface area contributed by atoms with Gasteiger partial charge in [0.1, 0.15) is 17.8 Å². The van der Waals surface area contributed by atoms with Crippen molar-refractivity contribution in [1.29, 1.82) is 0 Å². The predicted octanol–water partition coefficient (Wildman–Crippen LogP) is 1.68. The summed E-state index contributed by atoms with van der Waals surface area (Å²) >= 11 is 0. The lowest BCUT2D eigenvalue weighted by atomic mass is 10.3. The summed E-state index contributed by atoms with van der Waals surface area (Å²) in [6.07, 6.45) is -3.21. The number of hydrogen-bond donors (Lipinski definition) is 2. The van der Waals surface area contributed by atoms with Gasteiger partial charge in [-0.15, -0.1) is 0 Å². The fraction of sp³-hybridized carbons (Fsp3) is 0.222. The van der Waals surface area contributed by atoms with Gasteiger partial charge in [0.05, 0.1) is 6.54 Å². The van der Waals surface area contributed by atoms with E-state index in [4.69, 9.17) is 5.73 Å². The first kappa shape index (κ1) is 12.1. The number of halogens is 3. The van der Waals surface area contributed by atoms with Crippen LogP contribution < -0.4 is 11.1 Å². The van der Waals surface area contributed by atoms with E-state index in [1.165, 1.54) is 6.26 Å². The molecule has 0 bridgehead atoms. The molecule has 0 aliphatic rings. The van der Waals surface area contributed by atoms with E-state index in [1.54, 1.807) is 6.07 Å². The summed E-state index contributed by atoms with van der Waals surface area (Å²) in [6, 6.07) is 2.35. The number of rotatable bonds is 3. The molecule has 18 heavy (non-hydrogen) atoms. The maximum Gasteiger partial charge on any atom is 0.433 e. The Hall–Kier alpha value is -2.32. The second kappa shape index (κ2) is 4.51. The molecule has 0 radical (unpaired) electrons. The van der Waals surface area contributed by atoms with Gasteiger partial charge >= 0.3 is 6.18 Å². The molecule has 0 unspecified atom stereocenters. The lowest BCUT2D eigenvalue weighted by Gasteiger charge is -2.09. The summed E-state index contributed by atoms with van der Waals surface area (Å²) in [5.41, 5.74) is 4.64. The standard InChI is InChI=1S/C9H8F3N5O/c10-9(11,12)6-3-7(16-8(13)15-6)14-4-5-1-2-18-17-5/h1-3H,4H2,(H3,13,14,15,16). The first-order chi connectivity index (χ1) is 8.45. The van der Waals surface area contributed by atoms with Gasteiger partial charge in [-0.05, 0) is 0 Å². The van der Waals surface area contributed by atoms with Crippen LogP contribution >= 0.6 is 0 Å². The molecule has 2 heterocycles. The molecule has 0 saturated heterocycles.